The van der Waals surface area contributed by atoms with Gasteiger partial charge in [-0.05, 0) is 55.0 Å². The number of nitrogens with zero attached hydrogens (tertiary/aromatic N) is 1. The number of hydrogen-bond acceptors (Lipinski definition) is 2. The maximum Gasteiger partial charge on any atom is 0.115 e. The Morgan fingerprint density at radius 3 is 2.88 bits per heavy atom. The van der Waals surface area contributed by atoms with Crippen molar-refractivity contribution in [2.24, 2.45) is 0 Å². The first-order valence-corrected chi connectivity index (χ1v) is 8.57. The number of rotatable bonds is 4. The highest BCUT2D eigenvalue weighted by Crippen LogP contribution is 2.35. The second kappa shape index (κ2) is 5.82. The van der Waals surface area contributed by atoms with Crippen LogP contribution in [-0.2, 0) is 19.4 Å². The summed E-state index contributed by atoms with van der Waals surface area (Å²) >= 11 is 0. The monoisotopic (exact) mass is 318 g/mol. The van der Waals surface area contributed by atoms with Gasteiger partial charge in [0.1, 0.15) is 5.75 Å². The van der Waals surface area contributed by atoms with Crippen LogP contribution < -0.4 is 0 Å². The topological polar surface area (TPSA) is 49.0 Å². The van der Waals surface area contributed by atoms with Crippen LogP contribution >= 0.6 is 0 Å². The molecular formula is C21H22N2O. The number of benzene rings is 2. The number of aromatic hydroxyl groups is 1. The lowest BCUT2D eigenvalue weighted by atomic mass is 9.88. The largest absolute Gasteiger partial charge is 0.508 e. The third-order valence-electron chi connectivity index (χ3n) is 5.11. The fourth-order valence-electron chi connectivity index (χ4n) is 3.98. The molecule has 0 radical (unpaired) electrons. The minimum Gasteiger partial charge on any atom is -0.508 e. The Morgan fingerprint density at radius 2 is 2.08 bits per heavy atom. The van der Waals surface area contributed by atoms with Crippen molar-refractivity contribution in [2.45, 2.75) is 38.6 Å². The summed E-state index contributed by atoms with van der Waals surface area (Å²) in [5.41, 5.74) is 5.75. The molecule has 3 aromatic rings. The van der Waals surface area contributed by atoms with E-state index in [1.54, 1.807) is 12.1 Å². The fraction of sp³-hybridized carbons (Fsp3) is 0.286. The summed E-state index contributed by atoms with van der Waals surface area (Å²) in [7, 11) is 0. The van der Waals surface area contributed by atoms with E-state index in [0.29, 0.717) is 5.71 Å². The quantitative estimate of drug-likeness (QED) is 0.675. The highest BCUT2D eigenvalue weighted by Gasteiger charge is 2.23. The fourth-order valence-corrected chi connectivity index (χ4v) is 3.98. The molecule has 3 heteroatoms. The van der Waals surface area contributed by atoms with Gasteiger partial charge in [0, 0.05) is 29.8 Å². The Hall–Kier alpha value is -2.55. The molecule has 1 unspecified atom stereocenters. The van der Waals surface area contributed by atoms with Crippen molar-refractivity contribution in [3.63, 3.8) is 0 Å². The Morgan fingerprint density at radius 1 is 1.25 bits per heavy atom. The van der Waals surface area contributed by atoms with Crippen molar-refractivity contribution in [1.82, 2.24) is 4.57 Å². The molecule has 0 amide bonds. The van der Waals surface area contributed by atoms with Gasteiger partial charge in [0.2, 0.25) is 0 Å². The van der Waals surface area contributed by atoms with Crippen molar-refractivity contribution in [2.75, 3.05) is 0 Å². The molecule has 0 aliphatic carbocycles. The summed E-state index contributed by atoms with van der Waals surface area (Å²) in [6.45, 7) is 2.95. The molecule has 4 rings (SSSR count). The second-order valence-electron chi connectivity index (χ2n) is 6.80. The zero-order valence-electron chi connectivity index (χ0n) is 13.9. The average Bonchev–Trinajstić information content (AvgIpc) is 2.93. The molecule has 122 valence electrons. The van der Waals surface area contributed by atoms with Crippen LogP contribution in [0.5, 0.6) is 5.75 Å². The Labute approximate surface area is 142 Å². The van der Waals surface area contributed by atoms with E-state index in [9.17, 15) is 5.11 Å². The predicted molar refractivity (Wildman–Crippen MR) is 98.2 cm³/mol. The van der Waals surface area contributed by atoms with Gasteiger partial charge in [-0.3, -0.25) is 0 Å². The van der Waals surface area contributed by atoms with Gasteiger partial charge < -0.3 is 15.1 Å². The number of aromatic nitrogens is 1. The van der Waals surface area contributed by atoms with Gasteiger partial charge >= 0.3 is 0 Å². The van der Waals surface area contributed by atoms with Crippen molar-refractivity contribution < 1.29 is 5.11 Å². The van der Waals surface area contributed by atoms with Gasteiger partial charge in [0.25, 0.3) is 0 Å². The summed E-state index contributed by atoms with van der Waals surface area (Å²) in [5.74, 6) is 0.334. The summed E-state index contributed by atoms with van der Waals surface area (Å²) in [5, 5.41) is 19.3. The van der Waals surface area contributed by atoms with Crippen LogP contribution in [0.3, 0.4) is 0 Å². The maximum atomic E-state index is 9.74. The molecule has 2 N–H and O–H groups in total. The lowest BCUT2D eigenvalue weighted by molar-refractivity contribution is 0.474. The second-order valence-corrected chi connectivity index (χ2v) is 6.80. The number of nitrogens with one attached hydrogen (secondary N) is 1. The van der Waals surface area contributed by atoms with Crippen LogP contribution in [0.25, 0.3) is 10.9 Å². The van der Waals surface area contributed by atoms with E-state index in [2.05, 4.69) is 29.0 Å². The zero-order valence-corrected chi connectivity index (χ0v) is 13.9. The van der Waals surface area contributed by atoms with Gasteiger partial charge in [0.05, 0.1) is 5.52 Å². The van der Waals surface area contributed by atoms with Crippen molar-refractivity contribution in [1.29, 1.82) is 5.41 Å². The number of para-hydroxylation sites is 1. The first-order chi connectivity index (χ1) is 11.6. The smallest absolute Gasteiger partial charge is 0.115 e. The summed E-state index contributed by atoms with van der Waals surface area (Å²) < 4.78 is 2.36. The van der Waals surface area contributed by atoms with E-state index in [0.717, 1.165) is 24.9 Å². The standard InChI is InChI=1S/C21H22N2O/c1-14(22)19(12-15-5-2-8-17(24)11-15)20-13-23-10-4-7-16-6-3-9-18(20)21(16)23/h2-3,5-6,8-9,11,13,19,22,24H,4,7,10,12H2,1H3. The summed E-state index contributed by atoms with van der Waals surface area (Å²) in [6, 6.07) is 13.9. The molecule has 1 aliphatic rings. The van der Waals surface area contributed by atoms with Gasteiger partial charge in [0.15, 0.2) is 0 Å². The lowest BCUT2D eigenvalue weighted by Gasteiger charge is -2.16. The molecule has 1 atom stereocenters. The predicted octanol–water partition coefficient (Wildman–Crippen LogP) is 4.66. The molecule has 2 heterocycles. The molecule has 0 saturated carbocycles. The minimum atomic E-state index is 0.0453. The Bertz CT molecular complexity index is 923. The molecule has 0 fully saturated rings. The number of phenolic OH excluding ortho intramolecular Hbond substituents is 1. The molecule has 0 spiro atoms. The minimum absolute atomic E-state index is 0.0453. The maximum absolute atomic E-state index is 9.74. The number of phenols is 1. The van der Waals surface area contributed by atoms with Gasteiger partial charge in [-0.15, -0.1) is 0 Å². The van der Waals surface area contributed by atoms with E-state index in [1.165, 1.54) is 28.5 Å². The Balaban J connectivity index is 1.81. The normalized spacial score (nSPS) is 14.7. The molecule has 0 saturated heterocycles. The van der Waals surface area contributed by atoms with Gasteiger partial charge in [-0.25, -0.2) is 0 Å². The van der Waals surface area contributed by atoms with Crippen LogP contribution in [0.15, 0.2) is 48.7 Å². The average molecular weight is 318 g/mol. The summed E-state index contributed by atoms with van der Waals surface area (Å²) in [6.07, 6.45) is 5.31. The van der Waals surface area contributed by atoms with Crippen molar-refractivity contribution >= 4 is 16.6 Å². The van der Waals surface area contributed by atoms with Gasteiger partial charge in [-0.2, -0.15) is 0 Å². The molecule has 0 bridgehead atoms. The van der Waals surface area contributed by atoms with E-state index in [-0.39, 0.29) is 11.7 Å². The lowest BCUT2D eigenvalue weighted by Crippen LogP contribution is -2.11. The van der Waals surface area contributed by atoms with Crippen molar-refractivity contribution in [3.8, 4) is 5.75 Å². The molecular weight excluding hydrogens is 296 g/mol. The van der Waals surface area contributed by atoms with Crippen molar-refractivity contribution in [3.05, 3.63) is 65.4 Å². The van der Waals surface area contributed by atoms with Crippen LogP contribution in [0.2, 0.25) is 0 Å². The van der Waals surface area contributed by atoms with Gasteiger partial charge in [-0.1, -0.05) is 30.3 Å². The van der Waals surface area contributed by atoms with E-state index >= 15 is 0 Å². The van der Waals surface area contributed by atoms with E-state index < -0.39 is 0 Å². The first kappa shape index (κ1) is 15.0. The summed E-state index contributed by atoms with van der Waals surface area (Å²) in [4.78, 5) is 0. The first-order valence-electron chi connectivity index (χ1n) is 8.57. The SMILES string of the molecule is CC(=N)C(Cc1cccc(O)c1)c1cn2c3c(cccc13)CCC2. The highest BCUT2D eigenvalue weighted by molar-refractivity contribution is 5.95. The number of hydrogen-bond donors (Lipinski definition) is 2. The molecule has 1 aromatic heterocycles. The zero-order chi connectivity index (χ0) is 16.7. The number of aryl methyl sites for hydroxylation is 2. The molecule has 3 nitrogen and oxygen atoms in total. The van der Waals surface area contributed by atoms with Crippen LogP contribution in [0.4, 0.5) is 0 Å². The molecule has 2 aromatic carbocycles. The van der Waals surface area contributed by atoms with E-state index in [1.807, 2.05) is 19.1 Å². The third kappa shape index (κ3) is 2.50. The molecule has 1 aliphatic heterocycles. The Kier molecular flexibility index (Phi) is 3.64. The third-order valence-corrected chi connectivity index (χ3v) is 5.11. The van der Waals surface area contributed by atoms with Crippen LogP contribution in [0.1, 0.15) is 36.0 Å². The molecule has 24 heavy (non-hydrogen) atoms. The van der Waals surface area contributed by atoms with Crippen LogP contribution in [-0.4, -0.2) is 15.4 Å². The highest BCUT2D eigenvalue weighted by atomic mass is 16.3. The van der Waals surface area contributed by atoms with Crippen LogP contribution in [0, 0.1) is 5.41 Å². The van der Waals surface area contributed by atoms with E-state index in [4.69, 9.17) is 5.41 Å².